The largest absolute Gasteiger partial charge is 0.465 e. The molecule has 1 heterocycles. The summed E-state index contributed by atoms with van der Waals surface area (Å²) in [4.78, 5) is 31.8. The van der Waals surface area contributed by atoms with Crippen molar-refractivity contribution in [2.24, 2.45) is 0 Å². The molecule has 27 heavy (non-hydrogen) atoms. The number of methoxy groups -OCH3 is 1. The summed E-state index contributed by atoms with van der Waals surface area (Å²) in [5.41, 5.74) is 1.28. The van der Waals surface area contributed by atoms with Gasteiger partial charge in [0.2, 0.25) is 5.95 Å². The van der Waals surface area contributed by atoms with Crippen molar-refractivity contribution >= 4 is 34.4 Å². The number of nitrogens with zero attached hydrogens (tertiary/aromatic N) is 3. The van der Waals surface area contributed by atoms with Crippen LogP contribution in [0.2, 0.25) is 5.02 Å². The van der Waals surface area contributed by atoms with Gasteiger partial charge in [-0.15, -0.1) is 0 Å². The van der Waals surface area contributed by atoms with E-state index in [-0.39, 0.29) is 5.56 Å². The van der Waals surface area contributed by atoms with Gasteiger partial charge in [-0.3, -0.25) is 4.79 Å². The maximum absolute atomic E-state index is 13.3. The molecule has 3 rings (SSSR count). The van der Waals surface area contributed by atoms with Gasteiger partial charge in [0, 0.05) is 18.1 Å². The van der Waals surface area contributed by atoms with Crippen LogP contribution in [-0.2, 0) is 4.74 Å². The van der Waals surface area contributed by atoms with E-state index in [1.54, 1.807) is 47.0 Å². The van der Waals surface area contributed by atoms with Crippen LogP contribution in [0, 0.1) is 0 Å². The van der Waals surface area contributed by atoms with Crippen LogP contribution in [0.5, 0.6) is 0 Å². The molecule has 0 radical (unpaired) electrons. The highest BCUT2D eigenvalue weighted by Crippen LogP contribution is 2.22. The summed E-state index contributed by atoms with van der Waals surface area (Å²) in [5, 5.41) is 1.01. The van der Waals surface area contributed by atoms with Gasteiger partial charge in [0.25, 0.3) is 5.56 Å². The number of carbonyl (C=O) groups excluding carboxylic acids is 1. The van der Waals surface area contributed by atoms with Gasteiger partial charge in [0.1, 0.15) is 0 Å². The molecule has 0 saturated carbocycles. The molecule has 0 atom stereocenters. The molecule has 7 heteroatoms. The molecule has 140 valence electrons. The predicted molar refractivity (Wildman–Crippen MR) is 107 cm³/mol. The molecule has 0 unspecified atom stereocenters. The van der Waals surface area contributed by atoms with Gasteiger partial charge in [-0.1, -0.05) is 11.6 Å². The summed E-state index contributed by atoms with van der Waals surface area (Å²) in [5.74, 6) is 0.0480. The second-order valence-corrected chi connectivity index (χ2v) is 6.36. The Morgan fingerprint density at radius 2 is 1.81 bits per heavy atom. The van der Waals surface area contributed by atoms with E-state index in [1.807, 2.05) is 18.7 Å². The molecule has 0 saturated heterocycles. The molecule has 6 nitrogen and oxygen atoms in total. The molecule has 0 aliphatic heterocycles. The van der Waals surface area contributed by atoms with Crippen molar-refractivity contribution in [1.82, 2.24) is 9.55 Å². The van der Waals surface area contributed by atoms with E-state index in [9.17, 15) is 9.59 Å². The Morgan fingerprint density at radius 1 is 1.15 bits per heavy atom. The average Bonchev–Trinajstić information content (AvgIpc) is 2.69. The number of benzene rings is 2. The molecular formula is C20H20ClN3O3. The zero-order valence-electron chi connectivity index (χ0n) is 15.4. The first-order chi connectivity index (χ1) is 13.0. The minimum atomic E-state index is -0.468. The van der Waals surface area contributed by atoms with Gasteiger partial charge < -0.3 is 9.64 Å². The molecular weight excluding hydrogens is 366 g/mol. The van der Waals surface area contributed by atoms with Crippen LogP contribution >= 0.6 is 11.6 Å². The Bertz CT molecular complexity index is 1040. The fraction of sp³-hybridized carbons (Fsp3) is 0.250. The maximum Gasteiger partial charge on any atom is 0.337 e. The summed E-state index contributed by atoms with van der Waals surface area (Å²) in [7, 11) is 1.32. The first-order valence-corrected chi connectivity index (χ1v) is 9.04. The van der Waals surface area contributed by atoms with E-state index in [2.05, 4.69) is 0 Å². The first kappa shape index (κ1) is 18.9. The fourth-order valence-corrected chi connectivity index (χ4v) is 3.09. The van der Waals surface area contributed by atoms with Crippen LogP contribution in [-0.4, -0.2) is 35.7 Å². The average molecular weight is 386 g/mol. The van der Waals surface area contributed by atoms with Crippen molar-refractivity contribution in [2.45, 2.75) is 13.8 Å². The van der Waals surface area contributed by atoms with E-state index >= 15 is 0 Å². The maximum atomic E-state index is 13.3. The van der Waals surface area contributed by atoms with Gasteiger partial charge in [-0.25, -0.2) is 14.3 Å². The Morgan fingerprint density at radius 3 is 2.41 bits per heavy atom. The Balaban J connectivity index is 2.33. The number of anilines is 1. The first-order valence-electron chi connectivity index (χ1n) is 8.66. The Labute approximate surface area is 162 Å². The topological polar surface area (TPSA) is 64.4 Å². The lowest BCUT2D eigenvalue weighted by molar-refractivity contribution is 0.0601. The molecule has 0 bridgehead atoms. The summed E-state index contributed by atoms with van der Waals surface area (Å²) >= 11 is 5.99. The number of fused-ring (bicyclic) bond motifs is 1. The number of ether oxygens (including phenoxy) is 1. The van der Waals surface area contributed by atoms with Gasteiger partial charge in [0.05, 0.1) is 29.3 Å². The minimum absolute atomic E-state index is 0.208. The lowest BCUT2D eigenvalue weighted by Gasteiger charge is -2.24. The normalized spacial score (nSPS) is 10.8. The molecule has 0 fully saturated rings. The second-order valence-electron chi connectivity index (χ2n) is 5.92. The molecule has 0 spiro atoms. The highest BCUT2D eigenvalue weighted by Gasteiger charge is 2.18. The van der Waals surface area contributed by atoms with Crippen LogP contribution in [0.3, 0.4) is 0 Å². The van der Waals surface area contributed by atoms with E-state index in [0.29, 0.717) is 46.2 Å². The molecule has 3 aromatic rings. The third-order valence-corrected chi connectivity index (χ3v) is 4.66. The summed E-state index contributed by atoms with van der Waals surface area (Å²) < 4.78 is 6.34. The molecule has 0 aliphatic carbocycles. The van der Waals surface area contributed by atoms with Gasteiger partial charge in [-0.2, -0.15) is 0 Å². The third kappa shape index (κ3) is 3.53. The Kier molecular flexibility index (Phi) is 5.46. The van der Waals surface area contributed by atoms with Crippen molar-refractivity contribution < 1.29 is 9.53 Å². The standard InChI is InChI=1S/C20H20ClN3O3/c1-4-23(5-2)20-22-17-12-13(19(26)27-3)6-11-16(17)18(25)24(20)15-9-7-14(21)8-10-15/h6-12H,4-5H2,1-3H3. The number of halogens is 1. The second kappa shape index (κ2) is 7.80. The van der Waals surface area contributed by atoms with Gasteiger partial charge in [0.15, 0.2) is 0 Å². The summed E-state index contributed by atoms with van der Waals surface area (Å²) in [6.45, 7) is 5.35. The third-order valence-electron chi connectivity index (χ3n) is 4.40. The molecule has 1 aromatic heterocycles. The fourth-order valence-electron chi connectivity index (χ4n) is 2.96. The highest BCUT2D eigenvalue weighted by atomic mass is 35.5. The molecule has 2 aromatic carbocycles. The van der Waals surface area contributed by atoms with Crippen LogP contribution in [0.1, 0.15) is 24.2 Å². The monoisotopic (exact) mass is 385 g/mol. The SMILES string of the molecule is CCN(CC)c1nc2cc(C(=O)OC)ccc2c(=O)n1-c1ccc(Cl)cc1. The van der Waals surface area contributed by atoms with Crippen molar-refractivity contribution in [2.75, 3.05) is 25.1 Å². The number of esters is 1. The quantitative estimate of drug-likeness (QED) is 0.627. The van der Waals surface area contributed by atoms with Crippen LogP contribution < -0.4 is 10.5 Å². The zero-order valence-corrected chi connectivity index (χ0v) is 16.2. The molecule has 0 amide bonds. The van der Waals surface area contributed by atoms with Gasteiger partial charge in [-0.05, 0) is 56.3 Å². The molecule has 0 aliphatic rings. The lowest BCUT2D eigenvalue weighted by Crippen LogP contribution is -2.32. The predicted octanol–water partition coefficient (Wildman–Crippen LogP) is 3.67. The number of hydrogen-bond acceptors (Lipinski definition) is 5. The zero-order chi connectivity index (χ0) is 19.6. The van der Waals surface area contributed by atoms with E-state index in [0.717, 1.165) is 0 Å². The summed E-state index contributed by atoms with van der Waals surface area (Å²) in [6.07, 6.45) is 0. The Hall–Kier alpha value is -2.86. The van der Waals surface area contributed by atoms with E-state index in [1.165, 1.54) is 7.11 Å². The number of aromatic nitrogens is 2. The van der Waals surface area contributed by atoms with Gasteiger partial charge >= 0.3 is 5.97 Å². The van der Waals surface area contributed by atoms with Crippen LogP contribution in [0.15, 0.2) is 47.3 Å². The number of hydrogen-bond donors (Lipinski definition) is 0. The van der Waals surface area contributed by atoms with Crippen molar-refractivity contribution in [3.05, 3.63) is 63.4 Å². The van der Waals surface area contributed by atoms with Crippen LogP contribution in [0.4, 0.5) is 5.95 Å². The van der Waals surface area contributed by atoms with Crippen molar-refractivity contribution in [1.29, 1.82) is 0 Å². The number of carbonyl (C=O) groups is 1. The van der Waals surface area contributed by atoms with Crippen LogP contribution in [0.25, 0.3) is 16.6 Å². The van der Waals surface area contributed by atoms with Crippen molar-refractivity contribution in [3.63, 3.8) is 0 Å². The number of rotatable bonds is 5. The molecule has 0 N–H and O–H groups in total. The minimum Gasteiger partial charge on any atom is -0.465 e. The van der Waals surface area contributed by atoms with E-state index in [4.69, 9.17) is 21.3 Å². The van der Waals surface area contributed by atoms with E-state index < -0.39 is 5.97 Å². The summed E-state index contributed by atoms with van der Waals surface area (Å²) in [6, 6.07) is 11.8. The smallest absolute Gasteiger partial charge is 0.337 e. The van der Waals surface area contributed by atoms with Crippen molar-refractivity contribution in [3.8, 4) is 5.69 Å². The highest BCUT2D eigenvalue weighted by molar-refractivity contribution is 6.30. The lowest BCUT2D eigenvalue weighted by atomic mass is 10.1.